The minimum atomic E-state index is -1.09. The van der Waals surface area contributed by atoms with Crippen LogP contribution in [0.5, 0.6) is 0 Å². The van der Waals surface area contributed by atoms with E-state index in [0.29, 0.717) is 6.54 Å². The van der Waals surface area contributed by atoms with Crippen LogP contribution >= 0.6 is 0 Å². The number of likely N-dealkylation sites (tertiary alicyclic amines) is 2. The molecule has 4 rings (SSSR count). The van der Waals surface area contributed by atoms with Crippen molar-refractivity contribution < 1.29 is 4.39 Å². The fourth-order valence-corrected chi connectivity index (χ4v) is 5.40. The van der Waals surface area contributed by atoms with E-state index in [-0.39, 0.29) is 0 Å². The fourth-order valence-electron chi connectivity index (χ4n) is 5.40. The Morgan fingerprint density at radius 1 is 0.879 bits per heavy atom. The van der Waals surface area contributed by atoms with Crippen LogP contribution in [0, 0.1) is 5.92 Å². The van der Waals surface area contributed by atoms with Crippen LogP contribution in [-0.4, -0.2) is 48.2 Å². The number of halogens is 1. The maximum Gasteiger partial charge on any atom is 0.118 e. The van der Waals surface area contributed by atoms with Gasteiger partial charge in [-0.2, -0.15) is 0 Å². The Morgan fingerprint density at radius 3 is 2.03 bits per heavy atom. The molecule has 0 spiro atoms. The predicted octanol–water partition coefficient (Wildman–Crippen LogP) is 7.20. The average Bonchev–Trinajstić information content (AvgIpc) is 2.83. The van der Waals surface area contributed by atoms with Crippen molar-refractivity contribution in [3.63, 3.8) is 0 Å². The maximum absolute atomic E-state index is 13.9. The first-order valence-electron chi connectivity index (χ1n) is 12.9. The molecule has 0 unspecified atom stereocenters. The normalized spacial score (nSPS) is 18.5. The summed E-state index contributed by atoms with van der Waals surface area (Å²) in [5, 5.41) is 0. The highest BCUT2D eigenvalue weighted by atomic mass is 19.1. The van der Waals surface area contributed by atoms with Gasteiger partial charge in [0.15, 0.2) is 0 Å². The van der Waals surface area contributed by atoms with E-state index in [1.165, 1.54) is 60.8 Å². The topological polar surface area (TPSA) is 6.48 Å². The summed E-state index contributed by atoms with van der Waals surface area (Å²) in [5.74, 6) is 0.768. The Balaban J connectivity index is 1.26. The van der Waals surface area contributed by atoms with Crippen molar-refractivity contribution >= 4 is 5.70 Å². The molecule has 0 amide bonds. The number of piperidine rings is 2. The van der Waals surface area contributed by atoms with Gasteiger partial charge in [0.05, 0.1) is 0 Å². The molecule has 2 aromatic carbocycles. The van der Waals surface area contributed by atoms with Crippen molar-refractivity contribution in [2.45, 2.75) is 64.5 Å². The van der Waals surface area contributed by atoms with Crippen LogP contribution in [0.4, 0.5) is 4.39 Å². The number of benzene rings is 2. The molecule has 3 heteroatoms. The van der Waals surface area contributed by atoms with Gasteiger partial charge in [-0.05, 0) is 100 Å². The summed E-state index contributed by atoms with van der Waals surface area (Å²) >= 11 is 0. The molecule has 2 aliphatic heterocycles. The Morgan fingerprint density at radius 2 is 1.45 bits per heavy atom. The van der Waals surface area contributed by atoms with Gasteiger partial charge in [-0.25, -0.2) is 4.39 Å². The molecule has 2 aromatic rings. The second-order valence-corrected chi connectivity index (χ2v) is 10.7. The minimum Gasteiger partial charge on any atom is -0.372 e. The van der Waals surface area contributed by atoms with Gasteiger partial charge in [0.1, 0.15) is 5.67 Å². The Kier molecular flexibility index (Phi) is 7.90. The third-order valence-corrected chi connectivity index (χ3v) is 7.39. The van der Waals surface area contributed by atoms with Crippen molar-refractivity contribution in [1.29, 1.82) is 0 Å². The van der Waals surface area contributed by atoms with Crippen molar-refractivity contribution in [2.75, 3.05) is 32.7 Å². The molecule has 2 nitrogen and oxygen atoms in total. The highest BCUT2D eigenvalue weighted by Gasteiger charge is 2.25. The number of hydrogen-bond acceptors (Lipinski definition) is 2. The Bertz CT molecular complexity index is 880. The van der Waals surface area contributed by atoms with Gasteiger partial charge in [-0.1, -0.05) is 55.1 Å². The maximum atomic E-state index is 13.9. The number of rotatable bonds is 8. The lowest BCUT2D eigenvalue weighted by atomic mass is 9.90. The fraction of sp³-hybridized carbons (Fsp3) is 0.533. The third kappa shape index (κ3) is 6.93. The molecule has 0 radical (unpaired) electrons. The standard InChI is InChI=1S/C30H41FN2/c1-24(33-19-5-4-6-20-33)27-13-15-29(16-14-27)28-11-9-25(10-12-28)7-8-26-17-21-32(22-18-26)23-30(2,3)31/h9-16,26H,1,4-8,17-23H2,2-3H3. The minimum absolute atomic E-state index is 0.564. The number of aryl methyl sites for hydroxylation is 1. The van der Waals surface area contributed by atoms with E-state index in [0.717, 1.165) is 44.2 Å². The molecule has 0 aliphatic carbocycles. The van der Waals surface area contributed by atoms with Crippen LogP contribution in [0.15, 0.2) is 55.1 Å². The van der Waals surface area contributed by atoms with Gasteiger partial charge in [0, 0.05) is 25.3 Å². The van der Waals surface area contributed by atoms with Crippen molar-refractivity contribution in [1.82, 2.24) is 9.80 Å². The smallest absolute Gasteiger partial charge is 0.118 e. The third-order valence-electron chi connectivity index (χ3n) is 7.39. The largest absolute Gasteiger partial charge is 0.372 e. The van der Waals surface area contributed by atoms with Crippen LogP contribution in [0.1, 0.15) is 63.5 Å². The van der Waals surface area contributed by atoms with Gasteiger partial charge in [0.25, 0.3) is 0 Å². The molecule has 2 aliphatic rings. The number of nitrogens with zero attached hydrogens (tertiary/aromatic N) is 2. The van der Waals surface area contributed by atoms with E-state index in [4.69, 9.17) is 0 Å². The molecule has 2 heterocycles. The SMILES string of the molecule is C=C(c1ccc(-c2ccc(CCC3CCN(CC(C)(C)F)CC3)cc2)cc1)N1CCCCC1. The molecule has 0 saturated carbocycles. The molecule has 0 N–H and O–H groups in total. The summed E-state index contributed by atoms with van der Waals surface area (Å²) in [4.78, 5) is 4.72. The van der Waals surface area contributed by atoms with Crippen LogP contribution in [0.2, 0.25) is 0 Å². The van der Waals surface area contributed by atoms with Crippen molar-refractivity contribution in [3.05, 3.63) is 66.2 Å². The van der Waals surface area contributed by atoms with Crippen molar-refractivity contribution in [2.24, 2.45) is 5.92 Å². The molecule has 2 fully saturated rings. The second-order valence-electron chi connectivity index (χ2n) is 10.7. The molecule has 178 valence electrons. The highest BCUT2D eigenvalue weighted by molar-refractivity contribution is 5.69. The van der Waals surface area contributed by atoms with Gasteiger partial charge >= 0.3 is 0 Å². The van der Waals surface area contributed by atoms with Gasteiger partial charge in [-0.15, -0.1) is 0 Å². The summed E-state index contributed by atoms with van der Waals surface area (Å²) in [5.41, 5.74) is 5.27. The lowest BCUT2D eigenvalue weighted by Crippen LogP contribution is -2.41. The van der Waals surface area contributed by atoms with Gasteiger partial charge in [0.2, 0.25) is 0 Å². The summed E-state index contributed by atoms with van der Waals surface area (Å²) in [7, 11) is 0. The van der Waals surface area contributed by atoms with Gasteiger partial charge in [-0.3, -0.25) is 0 Å². The van der Waals surface area contributed by atoms with Crippen LogP contribution < -0.4 is 0 Å². The van der Waals surface area contributed by atoms with E-state index in [2.05, 4.69) is 64.9 Å². The summed E-state index contributed by atoms with van der Waals surface area (Å²) in [6.07, 6.45) is 8.66. The van der Waals surface area contributed by atoms with Crippen LogP contribution in [0.3, 0.4) is 0 Å². The quantitative estimate of drug-likeness (QED) is 0.421. The van der Waals surface area contributed by atoms with Crippen LogP contribution in [0.25, 0.3) is 16.8 Å². The average molecular weight is 449 g/mol. The molecule has 0 bridgehead atoms. The first kappa shape index (κ1) is 24.0. The summed E-state index contributed by atoms with van der Waals surface area (Å²) in [6, 6.07) is 18.0. The second kappa shape index (κ2) is 10.9. The number of alkyl halides is 1. The Labute approximate surface area is 200 Å². The predicted molar refractivity (Wildman–Crippen MR) is 139 cm³/mol. The van der Waals surface area contributed by atoms with E-state index < -0.39 is 5.67 Å². The summed E-state index contributed by atoms with van der Waals surface area (Å²) in [6.45, 7) is 12.6. The van der Waals surface area contributed by atoms with E-state index in [1.54, 1.807) is 13.8 Å². The molecule has 33 heavy (non-hydrogen) atoms. The zero-order valence-corrected chi connectivity index (χ0v) is 20.7. The molecule has 2 saturated heterocycles. The monoisotopic (exact) mass is 448 g/mol. The van der Waals surface area contributed by atoms with E-state index in [9.17, 15) is 4.39 Å². The first-order chi connectivity index (χ1) is 15.9. The molecule has 0 aromatic heterocycles. The van der Waals surface area contributed by atoms with E-state index >= 15 is 0 Å². The van der Waals surface area contributed by atoms with Crippen molar-refractivity contribution in [3.8, 4) is 11.1 Å². The molecular weight excluding hydrogens is 407 g/mol. The van der Waals surface area contributed by atoms with Crippen LogP contribution in [-0.2, 0) is 6.42 Å². The Hall–Kier alpha value is -2.13. The zero-order chi connectivity index (χ0) is 23.3. The van der Waals surface area contributed by atoms with Gasteiger partial charge < -0.3 is 9.80 Å². The zero-order valence-electron chi connectivity index (χ0n) is 20.7. The lowest BCUT2D eigenvalue weighted by Gasteiger charge is -2.34. The lowest BCUT2D eigenvalue weighted by molar-refractivity contribution is 0.0943. The highest BCUT2D eigenvalue weighted by Crippen LogP contribution is 2.27. The molecular formula is C30H41FN2. The molecule has 0 atom stereocenters. The first-order valence-corrected chi connectivity index (χ1v) is 12.9. The van der Waals surface area contributed by atoms with E-state index in [1.807, 2.05) is 0 Å². The number of hydrogen-bond donors (Lipinski definition) is 0. The summed E-state index contributed by atoms with van der Waals surface area (Å²) < 4.78 is 13.9.